The first-order valence-corrected chi connectivity index (χ1v) is 6.39. The van der Waals surface area contributed by atoms with Crippen molar-refractivity contribution in [1.82, 2.24) is 10.6 Å². The first kappa shape index (κ1) is 14.8. The van der Waals surface area contributed by atoms with Gasteiger partial charge < -0.3 is 20.8 Å². The highest BCUT2D eigenvalue weighted by atomic mass is 19.1. The minimum Gasteiger partial charge on any atom is -0.459 e. The summed E-state index contributed by atoms with van der Waals surface area (Å²) < 4.78 is 18.9. The molecule has 0 fully saturated rings. The third-order valence-corrected chi connectivity index (χ3v) is 3.13. The minimum atomic E-state index is -0.770. The second-order valence-electron chi connectivity index (χ2n) is 4.74. The number of amides is 3. The van der Waals surface area contributed by atoms with Crippen LogP contribution >= 0.6 is 0 Å². The molecule has 0 aliphatic carbocycles. The third-order valence-electron chi connectivity index (χ3n) is 3.13. The number of aryl methyl sites for hydroxylation is 1. The van der Waals surface area contributed by atoms with Crippen molar-refractivity contribution in [1.29, 1.82) is 0 Å². The Morgan fingerprint density at radius 2 is 2.14 bits per heavy atom. The first-order valence-electron chi connectivity index (χ1n) is 6.39. The van der Waals surface area contributed by atoms with Crippen LogP contribution in [-0.4, -0.2) is 18.5 Å². The molecule has 3 amide bonds. The molecule has 2 aromatic rings. The van der Waals surface area contributed by atoms with E-state index < -0.39 is 18.0 Å². The van der Waals surface area contributed by atoms with Crippen LogP contribution in [0.2, 0.25) is 0 Å². The van der Waals surface area contributed by atoms with E-state index in [0.29, 0.717) is 16.7 Å². The smallest absolute Gasteiger partial charge is 0.312 e. The number of hydrogen-bond acceptors (Lipinski definition) is 3. The van der Waals surface area contributed by atoms with Gasteiger partial charge in [0.15, 0.2) is 0 Å². The van der Waals surface area contributed by atoms with Crippen molar-refractivity contribution in [2.45, 2.75) is 19.9 Å². The van der Waals surface area contributed by atoms with E-state index in [0.717, 1.165) is 5.56 Å². The molecule has 0 radical (unpaired) electrons. The summed E-state index contributed by atoms with van der Waals surface area (Å²) in [4.78, 5) is 22.2. The van der Waals surface area contributed by atoms with E-state index in [1.807, 2.05) is 0 Å². The van der Waals surface area contributed by atoms with Crippen LogP contribution in [0.25, 0.3) is 11.0 Å². The van der Waals surface area contributed by atoms with E-state index in [1.54, 1.807) is 19.9 Å². The number of nitrogens with two attached hydrogens (primary N) is 1. The van der Waals surface area contributed by atoms with Crippen LogP contribution in [0.15, 0.2) is 22.6 Å². The van der Waals surface area contributed by atoms with Crippen LogP contribution in [0.4, 0.5) is 9.18 Å². The molecule has 1 aromatic carbocycles. The van der Waals surface area contributed by atoms with Gasteiger partial charge in [-0.05, 0) is 32.0 Å². The molecule has 1 atom stereocenters. The number of benzene rings is 1. The second kappa shape index (κ2) is 5.82. The fourth-order valence-electron chi connectivity index (χ4n) is 2.15. The molecule has 0 bridgehead atoms. The SMILES string of the molecule is Cc1c([C@H](C)NC(=O)CNC(N)=O)oc2ccc(F)cc12. The molecule has 112 valence electrons. The topological polar surface area (TPSA) is 97.4 Å². The van der Waals surface area contributed by atoms with Crippen LogP contribution < -0.4 is 16.4 Å². The Balaban J connectivity index is 2.16. The molecule has 0 saturated carbocycles. The number of carbonyl (C=O) groups is 2. The predicted molar refractivity (Wildman–Crippen MR) is 75.1 cm³/mol. The van der Waals surface area contributed by atoms with Gasteiger partial charge in [0.1, 0.15) is 17.2 Å². The number of urea groups is 1. The zero-order chi connectivity index (χ0) is 15.6. The third kappa shape index (κ3) is 3.31. The Hall–Kier alpha value is -2.57. The van der Waals surface area contributed by atoms with E-state index in [-0.39, 0.29) is 12.4 Å². The Morgan fingerprint density at radius 1 is 1.43 bits per heavy atom. The number of fused-ring (bicyclic) bond motifs is 1. The number of halogens is 1. The summed E-state index contributed by atoms with van der Waals surface area (Å²) in [6, 6.07) is 3.07. The lowest BCUT2D eigenvalue weighted by Gasteiger charge is -2.12. The van der Waals surface area contributed by atoms with E-state index in [9.17, 15) is 14.0 Å². The summed E-state index contributed by atoms with van der Waals surface area (Å²) in [7, 11) is 0. The fraction of sp³-hybridized carbons (Fsp3) is 0.286. The Morgan fingerprint density at radius 3 is 2.81 bits per heavy atom. The molecule has 4 N–H and O–H groups in total. The number of hydrogen-bond donors (Lipinski definition) is 3. The zero-order valence-corrected chi connectivity index (χ0v) is 11.7. The largest absolute Gasteiger partial charge is 0.459 e. The quantitative estimate of drug-likeness (QED) is 0.800. The molecule has 0 spiro atoms. The lowest BCUT2D eigenvalue weighted by Crippen LogP contribution is -2.40. The van der Waals surface area contributed by atoms with Gasteiger partial charge in [-0.2, -0.15) is 0 Å². The lowest BCUT2D eigenvalue weighted by molar-refractivity contribution is -0.120. The summed E-state index contributed by atoms with van der Waals surface area (Å²) in [5.41, 5.74) is 6.21. The maximum Gasteiger partial charge on any atom is 0.312 e. The van der Waals surface area contributed by atoms with Gasteiger partial charge in [0.25, 0.3) is 0 Å². The van der Waals surface area contributed by atoms with Gasteiger partial charge in [0.05, 0.1) is 12.6 Å². The second-order valence-corrected chi connectivity index (χ2v) is 4.74. The van der Waals surface area contributed by atoms with Crippen LogP contribution in [-0.2, 0) is 4.79 Å². The van der Waals surface area contributed by atoms with Crippen molar-refractivity contribution in [2.24, 2.45) is 5.73 Å². The van der Waals surface area contributed by atoms with Crippen molar-refractivity contribution in [3.8, 4) is 0 Å². The monoisotopic (exact) mass is 293 g/mol. The van der Waals surface area contributed by atoms with Crippen LogP contribution in [0.5, 0.6) is 0 Å². The van der Waals surface area contributed by atoms with Gasteiger partial charge in [-0.25, -0.2) is 9.18 Å². The maximum absolute atomic E-state index is 13.2. The number of furan rings is 1. The molecule has 21 heavy (non-hydrogen) atoms. The molecule has 1 aromatic heterocycles. The summed E-state index contributed by atoms with van der Waals surface area (Å²) in [6.07, 6.45) is 0. The molecule has 0 aliphatic rings. The Kier molecular flexibility index (Phi) is 4.11. The summed E-state index contributed by atoms with van der Waals surface area (Å²) in [5.74, 6) is -0.198. The summed E-state index contributed by atoms with van der Waals surface area (Å²) >= 11 is 0. The highest BCUT2D eigenvalue weighted by molar-refractivity contribution is 5.84. The van der Waals surface area contributed by atoms with Crippen molar-refractivity contribution >= 4 is 22.9 Å². The minimum absolute atomic E-state index is 0.215. The van der Waals surface area contributed by atoms with Crippen molar-refractivity contribution < 1.29 is 18.4 Å². The zero-order valence-electron chi connectivity index (χ0n) is 11.7. The van der Waals surface area contributed by atoms with Crippen LogP contribution in [0, 0.1) is 12.7 Å². The van der Waals surface area contributed by atoms with Gasteiger partial charge in [0, 0.05) is 10.9 Å². The molecule has 0 saturated heterocycles. The van der Waals surface area contributed by atoms with Gasteiger partial charge in [0.2, 0.25) is 5.91 Å². The highest BCUT2D eigenvalue weighted by Gasteiger charge is 2.18. The fourth-order valence-corrected chi connectivity index (χ4v) is 2.15. The standard InChI is InChI=1S/C14H16FN3O3/c1-7-10-5-9(15)3-4-11(10)21-13(7)8(2)18-12(19)6-17-14(16)20/h3-5,8H,6H2,1-2H3,(H,18,19)(H3,16,17,20)/t8-/m0/s1. The molecule has 1 heterocycles. The van der Waals surface area contributed by atoms with Gasteiger partial charge in [-0.15, -0.1) is 0 Å². The van der Waals surface area contributed by atoms with Crippen molar-refractivity contribution in [3.05, 3.63) is 35.3 Å². The lowest BCUT2D eigenvalue weighted by atomic mass is 10.1. The van der Waals surface area contributed by atoms with Gasteiger partial charge in [-0.3, -0.25) is 4.79 Å². The Labute approximate surface area is 120 Å². The summed E-state index contributed by atoms with van der Waals surface area (Å²) in [6.45, 7) is 3.32. The molecule has 0 unspecified atom stereocenters. The van der Waals surface area contributed by atoms with Gasteiger partial charge in [-0.1, -0.05) is 0 Å². The molecule has 7 heteroatoms. The summed E-state index contributed by atoms with van der Waals surface area (Å²) in [5, 5.41) is 5.54. The number of primary amides is 1. The molecule has 6 nitrogen and oxygen atoms in total. The number of rotatable bonds is 4. The maximum atomic E-state index is 13.2. The average molecular weight is 293 g/mol. The molecule has 2 rings (SSSR count). The first-order chi connectivity index (χ1) is 9.88. The highest BCUT2D eigenvalue weighted by Crippen LogP contribution is 2.29. The van der Waals surface area contributed by atoms with E-state index in [4.69, 9.17) is 10.2 Å². The number of carbonyl (C=O) groups excluding carboxylic acids is 2. The molecular weight excluding hydrogens is 277 g/mol. The van der Waals surface area contributed by atoms with E-state index in [1.165, 1.54) is 12.1 Å². The van der Waals surface area contributed by atoms with E-state index >= 15 is 0 Å². The van der Waals surface area contributed by atoms with Crippen LogP contribution in [0.1, 0.15) is 24.3 Å². The number of nitrogens with one attached hydrogen (secondary N) is 2. The average Bonchev–Trinajstić information content (AvgIpc) is 2.74. The van der Waals surface area contributed by atoms with Gasteiger partial charge >= 0.3 is 6.03 Å². The normalized spacial score (nSPS) is 12.1. The molecule has 0 aliphatic heterocycles. The molecular formula is C14H16FN3O3. The Bertz CT molecular complexity index is 696. The van der Waals surface area contributed by atoms with Crippen molar-refractivity contribution in [3.63, 3.8) is 0 Å². The predicted octanol–water partition coefficient (Wildman–Crippen LogP) is 1.73. The van der Waals surface area contributed by atoms with Crippen molar-refractivity contribution in [2.75, 3.05) is 6.54 Å². The van der Waals surface area contributed by atoms with E-state index in [2.05, 4.69) is 10.6 Å². The van der Waals surface area contributed by atoms with Crippen LogP contribution in [0.3, 0.4) is 0 Å².